The molecule has 0 aliphatic carbocycles. The number of hydrogen-bond acceptors (Lipinski definition) is 3. The zero-order valence-electron chi connectivity index (χ0n) is 10.9. The molecule has 0 atom stereocenters. The van der Waals surface area contributed by atoms with Gasteiger partial charge in [-0.25, -0.2) is 0 Å². The maximum Gasteiger partial charge on any atom is 0.122 e. The number of anilines is 1. The normalized spacial score (nSPS) is 10.6. The van der Waals surface area contributed by atoms with E-state index in [1.165, 1.54) is 9.75 Å². The predicted octanol–water partition coefficient (Wildman–Crippen LogP) is 3.23. The highest BCUT2D eigenvalue weighted by Crippen LogP contribution is 2.26. The molecular formula is C14H17N3S. The SMILES string of the molecule is CCc1ccc(Cn2c(C)c(C)c(C#N)c2N)s1. The molecule has 2 heterocycles. The summed E-state index contributed by atoms with van der Waals surface area (Å²) in [7, 11) is 0. The second kappa shape index (κ2) is 4.87. The van der Waals surface area contributed by atoms with Crippen LogP contribution in [0.2, 0.25) is 0 Å². The van der Waals surface area contributed by atoms with Crippen LogP contribution in [0.4, 0.5) is 5.82 Å². The lowest BCUT2D eigenvalue weighted by atomic mass is 10.2. The van der Waals surface area contributed by atoms with Gasteiger partial charge in [-0.2, -0.15) is 5.26 Å². The van der Waals surface area contributed by atoms with Gasteiger partial charge in [0.25, 0.3) is 0 Å². The highest BCUT2D eigenvalue weighted by Gasteiger charge is 2.15. The van der Waals surface area contributed by atoms with Crippen LogP contribution in [-0.4, -0.2) is 4.57 Å². The number of thiophene rings is 1. The van der Waals surface area contributed by atoms with E-state index in [4.69, 9.17) is 11.0 Å². The Labute approximate surface area is 111 Å². The van der Waals surface area contributed by atoms with Crippen LogP contribution < -0.4 is 5.73 Å². The summed E-state index contributed by atoms with van der Waals surface area (Å²) in [5.74, 6) is 0.582. The van der Waals surface area contributed by atoms with Crippen molar-refractivity contribution in [3.63, 3.8) is 0 Å². The van der Waals surface area contributed by atoms with Gasteiger partial charge < -0.3 is 10.3 Å². The summed E-state index contributed by atoms with van der Waals surface area (Å²) < 4.78 is 2.03. The van der Waals surface area contributed by atoms with E-state index in [1.54, 1.807) is 0 Å². The Hall–Kier alpha value is -1.73. The van der Waals surface area contributed by atoms with E-state index in [0.717, 1.165) is 24.2 Å². The van der Waals surface area contributed by atoms with E-state index < -0.39 is 0 Å². The lowest BCUT2D eigenvalue weighted by Crippen LogP contribution is -2.05. The van der Waals surface area contributed by atoms with Crippen LogP contribution in [0, 0.1) is 25.2 Å². The maximum atomic E-state index is 9.10. The van der Waals surface area contributed by atoms with E-state index in [-0.39, 0.29) is 0 Å². The van der Waals surface area contributed by atoms with E-state index >= 15 is 0 Å². The summed E-state index contributed by atoms with van der Waals surface area (Å²) in [4.78, 5) is 2.66. The quantitative estimate of drug-likeness (QED) is 0.920. The van der Waals surface area contributed by atoms with Gasteiger partial charge in [0, 0.05) is 15.4 Å². The van der Waals surface area contributed by atoms with Crippen molar-refractivity contribution < 1.29 is 0 Å². The first-order valence-electron chi connectivity index (χ1n) is 6.01. The highest BCUT2D eigenvalue weighted by atomic mass is 32.1. The molecule has 4 heteroatoms. The average Bonchev–Trinajstić information content (AvgIpc) is 2.89. The summed E-state index contributed by atoms with van der Waals surface area (Å²) in [6, 6.07) is 6.49. The number of nitrogens with zero attached hydrogens (tertiary/aromatic N) is 2. The van der Waals surface area contributed by atoms with Crippen LogP contribution in [0.5, 0.6) is 0 Å². The molecule has 0 aliphatic rings. The number of nitrogen functional groups attached to an aromatic ring is 1. The van der Waals surface area contributed by atoms with E-state index in [2.05, 4.69) is 25.1 Å². The minimum absolute atomic E-state index is 0.582. The van der Waals surface area contributed by atoms with Gasteiger partial charge in [-0.05, 0) is 38.0 Å². The van der Waals surface area contributed by atoms with E-state index in [9.17, 15) is 0 Å². The smallest absolute Gasteiger partial charge is 0.122 e. The zero-order chi connectivity index (χ0) is 13.3. The third kappa shape index (κ3) is 2.02. The van der Waals surface area contributed by atoms with Gasteiger partial charge in [-0.15, -0.1) is 11.3 Å². The molecule has 0 aromatic carbocycles. The first-order chi connectivity index (χ1) is 8.58. The fourth-order valence-corrected chi connectivity index (χ4v) is 3.04. The van der Waals surface area contributed by atoms with Crippen molar-refractivity contribution in [2.24, 2.45) is 0 Å². The fraction of sp³-hybridized carbons (Fsp3) is 0.357. The Balaban J connectivity index is 2.38. The average molecular weight is 259 g/mol. The number of aromatic nitrogens is 1. The van der Waals surface area contributed by atoms with Gasteiger partial charge >= 0.3 is 0 Å². The van der Waals surface area contributed by atoms with Gasteiger partial charge in [0.15, 0.2) is 0 Å². The van der Waals surface area contributed by atoms with Crippen LogP contribution in [0.25, 0.3) is 0 Å². The van der Waals surface area contributed by atoms with Gasteiger partial charge in [0.2, 0.25) is 0 Å². The van der Waals surface area contributed by atoms with Crippen molar-refractivity contribution in [1.82, 2.24) is 4.57 Å². The maximum absolute atomic E-state index is 9.10. The lowest BCUT2D eigenvalue weighted by molar-refractivity contribution is 0.795. The molecule has 94 valence electrons. The molecule has 18 heavy (non-hydrogen) atoms. The molecule has 2 N–H and O–H groups in total. The van der Waals surface area contributed by atoms with Crippen molar-refractivity contribution in [3.05, 3.63) is 38.7 Å². The highest BCUT2D eigenvalue weighted by molar-refractivity contribution is 7.11. The molecule has 0 saturated heterocycles. The van der Waals surface area contributed by atoms with Crippen LogP contribution in [0.15, 0.2) is 12.1 Å². The monoisotopic (exact) mass is 259 g/mol. The summed E-state index contributed by atoms with van der Waals surface area (Å²) in [6.07, 6.45) is 1.06. The summed E-state index contributed by atoms with van der Waals surface area (Å²) >= 11 is 1.81. The molecule has 3 nitrogen and oxygen atoms in total. The predicted molar refractivity (Wildman–Crippen MR) is 75.8 cm³/mol. The molecule has 2 aromatic rings. The second-order valence-electron chi connectivity index (χ2n) is 4.39. The van der Waals surface area contributed by atoms with Crippen LogP contribution in [-0.2, 0) is 13.0 Å². The lowest BCUT2D eigenvalue weighted by Gasteiger charge is -2.07. The Morgan fingerprint density at radius 2 is 2.00 bits per heavy atom. The number of hydrogen-bond donors (Lipinski definition) is 1. The molecule has 0 unspecified atom stereocenters. The Morgan fingerprint density at radius 1 is 1.33 bits per heavy atom. The standard InChI is InChI=1S/C14H17N3S/c1-4-11-5-6-12(18-11)8-17-10(3)9(2)13(7-15)14(17)16/h5-6H,4,8,16H2,1-3H3. The first kappa shape index (κ1) is 12.7. The van der Waals surface area contributed by atoms with Gasteiger partial charge in [-0.3, -0.25) is 0 Å². The molecule has 0 fully saturated rings. The van der Waals surface area contributed by atoms with Gasteiger partial charge in [-0.1, -0.05) is 6.92 Å². The molecular weight excluding hydrogens is 242 g/mol. The summed E-state index contributed by atoms with van der Waals surface area (Å²) in [5.41, 5.74) is 8.73. The van der Waals surface area contributed by atoms with E-state index in [1.807, 2.05) is 29.8 Å². The van der Waals surface area contributed by atoms with Crippen LogP contribution in [0.1, 0.15) is 33.5 Å². The summed E-state index contributed by atoms with van der Waals surface area (Å²) in [6.45, 7) is 6.88. The fourth-order valence-electron chi connectivity index (χ4n) is 2.09. The van der Waals surface area contributed by atoms with Crippen LogP contribution in [0.3, 0.4) is 0 Å². The second-order valence-corrected chi connectivity index (χ2v) is 5.64. The first-order valence-corrected chi connectivity index (χ1v) is 6.83. The third-order valence-electron chi connectivity index (χ3n) is 3.36. The molecule has 0 saturated carbocycles. The Bertz CT molecular complexity index is 614. The summed E-state index contributed by atoms with van der Waals surface area (Å²) in [5, 5.41) is 9.10. The number of nitriles is 1. The van der Waals surface area contributed by atoms with E-state index in [0.29, 0.717) is 11.4 Å². The van der Waals surface area contributed by atoms with Crippen molar-refractivity contribution >= 4 is 17.2 Å². The number of rotatable bonds is 3. The van der Waals surface area contributed by atoms with Crippen molar-refractivity contribution in [2.45, 2.75) is 33.7 Å². The minimum atomic E-state index is 0.582. The largest absolute Gasteiger partial charge is 0.384 e. The molecule has 0 amide bonds. The van der Waals surface area contributed by atoms with Crippen molar-refractivity contribution in [1.29, 1.82) is 5.26 Å². The van der Waals surface area contributed by atoms with Crippen molar-refractivity contribution in [2.75, 3.05) is 5.73 Å². The molecule has 2 rings (SSSR count). The molecule has 0 aliphatic heterocycles. The number of nitrogens with two attached hydrogens (primary N) is 1. The zero-order valence-corrected chi connectivity index (χ0v) is 11.8. The molecule has 0 bridgehead atoms. The molecule has 0 radical (unpaired) electrons. The Kier molecular flexibility index (Phi) is 3.44. The van der Waals surface area contributed by atoms with Gasteiger partial charge in [0.1, 0.15) is 11.9 Å². The number of aryl methyl sites for hydroxylation is 1. The Morgan fingerprint density at radius 3 is 2.50 bits per heavy atom. The molecule has 0 spiro atoms. The van der Waals surface area contributed by atoms with Gasteiger partial charge in [0.05, 0.1) is 12.1 Å². The third-order valence-corrected chi connectivity index (χ3v) is 4.58. The molecule has 2 aromatic heterocycles. The topological polar surface area (TPSA) is 54.7 Å². The van der Waals surface area contributed by atoms with Crippen LogP contribution >= 0.6 is 11.3 Å². The minimum Gasteiger partial charge on any atom is -0.384 e. The van der Waals surface area contributed by atoms with Crippen molar-refractivity contribution in [3.8, 4) is 6.07 Å².